The lowest BCUT2D eigenvalue weighted by Gasteiger charge is -2.12. The summed E-state index contributed by atoms with van der Waals surface area (Å²) >= 11 is 0. The van der Waals surface area contributed by atoms with Crippen LogP contribution >= 0.6 is 0 Å². The van der Waals surface area contributed by atoms with Crippen LogP contribution in [0.4, 0.5) is 5.69 Å². The summed E-state index contributed by atoms with van der Waals surface area (Å²) in [5.41, 5.74) is 2.36. The highest BCUT2D eigenvalue weighted by Crippen LogP contribution is 2.23. The molecule has 2 N–H and O–H groups in total. The van der Waals surface area contributed by atoms with Gasteiger partial charge in [-0.2, -0.15) is 0 Å². The van der Waals surface area contributed by atoms with Crippen molar-refractivity contribution in [3.63, 3.8) is 0 Å². The Morgan fingerprint density at radius 2 is 2.33 bits per heavy atom. The fourth-order valence-electron chi connectivity index (χ4n) is 2.07. The van der Waals surface area contributed by atoms with Gasteiger partial charge < -0.3 is 15.0 Å². The number of hydrogen-bond acceptors (Lipinski definition) is 2. The summed E-state index contributed by atoms with van der Waals surface area (Å²) < 4.78 is 5.35. The molecule has 2 aromatic rings. The highest BCUT2D eigenvalue weighted by Gasteiger charge is 2.15. The van der Waals surface area contributed by atoms with Crippen LogP contribution in [0.15, 0.2) is 30.5 Å². The van der Waals surface area contributed by atoms with Crippen LogP contribution in [0.1, 0.15) is 6.42 Å². The number of ether oxygens (including phenoxy) is 1. The number of aromatic amines is 1. The van der Waals surface area contributed by atoms with Crippen LogP contribution < -0.4 is 5.32 Å². The average molecular weight is 202 g/mol. The van der Waals surface area contributed by atoms with Crippen LogP contribution in [0.3, 0.4) is 0 Å². The molecule has 1 fully saturated rings. The SMILES string of the molecule is c1cc(NC2CCOC2)c2[nH]ccc2c1. The summed E-state index contributed by atoms with van der Waals surface area (Å²) in [7, 11) is 0. The van der Waals surface area contributed by atoms with E-state index in [0.717, 1.165) is 19.6 Å². The molecule has 3 rings (SSSR count). The summed E-state index contributed by atoms with van der Waals surface area (Å²) in [4.78, 5) is 3.26. The number of para-hydroxylation sites is 1. The van der Waals surface area contributed by atoms with Crippen LogP contribution in [-0.4, -0.2) is 24.2 Å². The highest BCUT2D eigenvalue weighted by atomic mass is 16.5. The van der Waals surface area contributed by atoms with Crippen LogP contribution in [-0.2, 0) is 4.74 Å². The number of fused-ring (bicyclic) bond motifs is 1. The molecule has 0 bridgehead atoms. The molecule has 3 nitrogen and oxygen atoms in total. The third-order valence-corrected chi connectivity index (χ3v) is 2.88. The van der Waals surface area contributed by atoms with E-state index in [9.17, 15) is 0 Å². The molecule has 1 aromatic heterocycles. The molecule has 1 aromatic carbocycles. The first kappa shape index (κ1) is 8.80. The van der Waals surface area contributed by atoms with E-state index in [0.29, 0.717) is 6.04 Å². The Bertz CT molecular complexity index is 457. The van der Waals surface area contributed by atoms with Gasteiger partial charge in [0.2, 0.25) is 0 Å². The predicted molar refractivity (Wildman–Crippen MR) is 61.1 cm³/mol. The second-order valence-electron chi connectivity index (χ2n) is 3.95. The lowest BCUT2D eigenvalue weighted by atomic mass is 10.2. The molecule has 1 unspecified atom stereocenters. The number of rotatable bonds is 2. The Hall–Kier alpha value is -1.48. The summed E-state index contributed by atoms with van der Waals surface area (Å²) in [5.74, 6) is 0. The van der Waals surface area contributed by atoms with E-state index >= 15 is 0 Å². The van der Waals surface area contributed by atoms with Crippen molar-refractivity contribution in [2.75, 3.05) is 18.5 Å². The van der Waals surface area contributed by atoms with E-state index in [2.05, 4.69) is 34.6 Å². The maximum atomic E-state index is 5.35. The van der Waals surface area contributed by atoms with Gasteiger partial charge in [0.05, 0.1) is 23.9 Å². The lowest BCUT2D eigenvalue weighted by Crippen LogP contribution is -2.18. The van der Waals surface area contributed by atoms with Crippen molar-refractivity contribution >= 4 is 16.6 Å². The minimum absolute atomic E-state index is 0.457. The van der Waals surface area contributed by atoms with Gasteiger partial charge >= 0.3 is 0 Å². The van der Waals surface area contributed by atoms with Crippen molar-refractivity contribution in [1.82, 2.24) is 4.98 Å². The lowest BCUT2D eigenvalue weighted by molar-refractivity contribution is 0.195. The van der Waals surface area contributed by atoms with Gasteiger partial charge in [0.15, 0.2) is 0 Å². The van der Waals surface area contributed by atoms with E-state index in [1.165, 1.54) is 16.6 Å². The van der Waals surface area contributed by atoms with E-state index in [1.54, 1.807) is 0 Å². The molecule has 1 saturated heterocycles. The van der Waals surface area contributed by atoms with Crippen LogP contribution in [0, 0.1) is 0 Å². The number of nitrogens with one attached hydrogen (secondary N) is 2. The second-order valence-corrected chi connectivity index (χ2v) is 3.95. The molecule has 0 spiro atoms. The van der Waals surface area contributed by atoms with Crippen molar-refractivity contribution in [3.8, 4) is 0 Å². The summed E-state index contributed by atoms with van der Waals surface area (Å²) in [5, 5.41) is 4.76. The first-order chi connectivity index (χ1) is 7.43. The molecule has 1 aliphatic rings. The first-order valence-electron chi connectivity index (χ1n) is 5.34. The maximum Gasteiger partial charge on any atom is 0.0689 e. The van der Waals surface area contributed by atoms with Gasteiger partial charge in [-0.25, -0.2) is 0 Å². The molecule has 0 amide bonds. The average Bonchev–Trinajstić information content (AvgIpc) is 2.87. The van der Waals surface area contributed by atoms with Crippen LogP contribution in [0.5, 0.6) is 0 Å². The van der Waals surface area contributed by atoms with Gasteiger partial charge in [0.1, 0.15) is 0 Å². The smallest absolute Gasteiger partial charge is 0.0689 e. The summed E-state index contributed by atoms with van der Waals surface area (Å²) in [6.45, 7) is 1.69. The summed E-state index contributed by atoms with van der Waals surface area (Å²) in [6.07, 6.45) is 3.07. The quantitative estimate of drug-likeness (QED) is 0.784. The molecular weight excluding hydrogens is 188 g/mol. The molecular formula is C12H14N2O. The highest BCUT2D eigenvalue weighted by molar-refractivity contribution is 5.90. The molecule has 1 atom stereocenters. The Morgan fingerprint density at radius 1 is 1.33 bits per heavy atom. The Balaban J connectivity index is 1.92. The van der Waals surface area contributed by atoms with Crippen molar-refractivity contribution in [1.29, 1.82) is 0 Å². The van der Waals surface area contributed by atoms with Gasteiger partial charge in [-0.05, 0) is 18.6 Å². The fraction of sp³-hybridized carbons (Fsp3) is 0.333. The number of aromatic nitrogens is 1. The minimum atomic E-state index is 0.457. The van der Waals surface area contributed by atoms with E-state index in [-0.39, 0.29) is 0 Å². The van der Waals surface area contributed by atoms with Gasteiger partial charge in [0.25, 0.3) is 0 Å². The number of benzene rings is 1. The monoisotopic (exact) mass is 202 g/mol. The number of hydrogen-bond donors (Lipinski definition) is 2. The standard InChI is InChI=1S/C12H14N2O/c1-2-9-4-6-13-12(9)11(3-1)14-10-5-7-15-8-10/h1-4,6,10,13-14H,5,7-8H2. The third kappa shape index (κ3) is 1.59. The second kappa shape index (κ2) is 3.59. The zero-order chi connectivity index (χ0) is 10.1. The zero-order valence-corrected chi connectivity index (χ0v) is 8.49. The van der Waals surface area contributed by atoms with Gasteiger partial charge in [-0.1, -0.05) is 12.1 Å². The third-order valence-electron chi connectivity index (χ3n) is 2.88. The van der Waals surface area contributed by atoms with Crippen molar-refractivity contribution in [2.24, 2.45) is 0 Å². The van der Waals surface area contributed by atoms with Crippen molar-refractivity contribution in [2.45, 2.75) is 12.5 Å². The maximum absolute atomic E-state index is 5.35. The molecule has 0 aliphatic carbocycles. The molecule has 0 saturated carbocycles. The molecule has 3 heteroatoms. The Labute approximate surface area is 88.4 Å². The molecule has 0 radical (unpaired) electrons. The normalized spacial score (nSPS) is 20.9. The first-order valence-corrected chi connectivity index (χ1v) is 5.34. The molecule has 2 heterocycles. The van der Waals surface area contributed by atoms with Gasteiger partial charge in [-0.3, -0.25) is 0 Å². The largest absolute Gasteiger partial charge is 0.379 e. The van der Waals surface area contributed by atoms with E-state index in [1.807, 2.05) is 6.20 Å². The Kier molecular flexibility index (Phi) is 2.10. The van der Waals surface area contributed by atoms with Crippen molar-refractivity contribution < 1.29 is 4.74 Å². The van der Waals surface area contributed by atoms with E-state index in [4.69, 9.17) is 4.74 Å². The molecule has 1 aliphatic heterocycles. The van der Waals surface area contributed by atoms with E-state index < -0.39 is 0 Å². The summed E-state index contributed by atoms with van der Waals surface area (Å²) in [6, 6.07) is 8.85. The predicted octanol–water partition coefficient (Wildman–Crippen LogP) is 2.37. The van der Waals surface area contributed by atoms with Gasteiger partial charge in [-0.15, -0.1) is 0 Å². The van der Waals surface area contributed by atoms with Crippen LogP contribution in [0.25, 0.3) is 10.9 Å². The van der Waals surface area contributed by atoms with Crippen molar-refractivity contribution in [3.05, 3.63) is 30.5 Å². The molecule has 78 valence electrons. The zero-order valence-electron chi connectivity index (χ0n) is 8.49. The minimum Gasteiger partial charge on any atom is -0.379 e. The number of anilines is 1. The number of H-pyrrole nitrogens is 1. The Morgan fingerprint density at radius 3 is 3.20 bits per heavy atom. The molecule has 15 heavy (non-hydrogen) atoms. The van der Waals surface area contributed by atoms with Gasteiger partial charge in [0, 0.05) is 18.2 Å². The topological polar surface area (TPSA) is 37.0 Å². The fourth-order valence-corrected chi connectivity index (χ4v) is 2.07. The van der Waals surface area contributed by atoms with Crippen LogP contribution in [0.2, 0.25) is 0 Å².